The van der Waals surface area contributed by atoms with E-state index in [9.17, 15) is 10.1 Å². The summed E-state index contributed by atoms with van der Waals surface area (Å²) in [7, 11) is 0. The summed E-state index contributed by atoms with van der Waals surface area (Å²) in [4.78, 5) is 9.85. The molecule has 11 heavy (non-hydrogen) atoms. The number of nitro groups is 1. The van der Waals surface area contributed by atoms with Crippen LogP contribution in [0.3, 0.4) is 0 Å². The second-order valence-electron chi connectivity index (χ2n) is 2.85. The summed E-state index contributed by atoms with van der Waals surface area (Å²) in [5, 5.41) is 10.2. The molecule has 4 nitrogen and oxygen atoms in total. The molecule has 0 amide bonds. The van der Waals surface area contributed by atoms with Crippen molar-refractivity contribution in [3.05, 3.63) is 27.6 Å². The Labute approximate surface area is 63.3 Å². The smallest absolute Gasteiger partial charge is 0.288 e. The van der Waals surface area contributed by atoms with E-state index in [4.69, 9.17) is 4.74 Å². The van der Waals surface area contributed by atoms with Gasteiger partial charge in [0.15, 0.2) is 0 Å². The van der Waals surface area contributed by atoms with E-state index in [0.29, 0.717) is 13.0 Å². The molecule has 1 aliphatic carbocycles. The molecule has 4 heteroatoms. The molecule has 1 unspecified atom stereocenters. The van der Waals surface area contributed by atoms with Gasteiger partial charge in [0.1, 0.15) is 5.60 Å². The summed E-state index contributed by atoms with van der Waals surface area (Å²) in [5.74, 6) is 0. The van der Waals surface area contributed by atoms with Crippen molar-refractivity contribution in [1.82, 2.24) is 0 Å². The number of hydrogen-bond donors (Lipinski definition) is 0. The Kier molecular flexibility index (Phi) is 1.16. The maximum Gasteiger partial charge on any atom is 0.288 e. The number of epoxide rings is 1. The van der Waals surface area contributed by atoms with Crippen LogP contribution in [0.2, 0.25) is 0 Å². The van der Waals surface area contributed by atoms with Gasteiger partial charge in [0, 0.05) is 6.42 Å². The van der Waals surface area contributed by atoms with E-state index in [1.54, 1.807) is 6.08 Å². The second-order valence-corrected chi connectivity index (χ2v) is 2.85. The summed E-state index contributed by atoms with van der Waals surface area (Å²) in [6.45, 7) is 0.699. The van der Waals surface area contributed by atoms with Crippen molar-refractivity contribution in [2.45, 2.75) is 18.4 Å². The summed E-state index contributed by atoms with van der Waals surface area (Å²) in [6, 6.07) is 0. The first-order valence-electron chi connectivity index (χ1n) is 3.47. The van der Waals surface area contributed by atoms with Gasteiger partial charge in [0.05, 0.1) is 11.5 Å². The third kappa shape index (κ3) is 1.06. The van der Waals surface area contributed by atoms with E-state index in [1.807, 2.05) is 0 Å². The Morgan fingerprint density at radius 2 is 2.55 bits per heavy atom. The molecule has 0 aromatic rings. The molecule has 1 fully saturated rings. The summed E-state index contributed by atoms with van der Waals surface area (Å²) in [6.07, 6.45) is 2.88. The monoisotopic (exact) mass is 153 g/mol. The van der Waals surface area contributed by atoms with Crippen LogP contribution in [0.5, 0.6) is 0 Å². The zero-order chi connectivity index (χ0) is 7.90. The maximum absolute atomic E-state index is 10.2. The van der Waals surface area contributed by atoms with Gasteiger partial charge >= 0.3 is 0 Å². The Morgan fingerprint density at radius 1 is 1.82 bits per heavy atom. The molecule has 1 spiro atoms. The molecular weight excluding hydrogens is 146 g/mol. The Hall–Kier alpha value is -1.12. The Balaban J connectivity index is 2.25. The molecule has 0 aromatic heterocycles. The number of hydrogen-bond acceptors (Lipinski definition) is 3. The maximum atomic E-state index is 10.2. The lowest BCUT2D eigenvalue weighted by Gasteiger charge is -2.06. The molecule has 0 bridgehead atoms. The Morgan fingerprint density at radius 3 is 2.91 bits per heavy atom. The van der Waals surface area contributed by atoms with Crippen LogP contribution in [0.25, 0.3) is 0 Å². The van der Waals surface area contributed by atoms with Gasteiger partial charge in [-0.05, 0) is 18.2 Å². The van der Waals surface area contributed by atoms with Gasteiger partial charge < -0.3 is 4.74 Å². The van der Waals surface area contributed by atoms with E-state index in [-0.39, 0.29) is 16.2 Å². The van der Waals surface area contributed by atoms with E-state index in [0.717, 1.165) is 6.42 Å². The molecule has 0 saturated carbocycles. The number of nitrogens with zero attached hydrogens (tertiary/aromatic N) is 1. The van der Waals surface area contributed by atoms with Crippen molar-refractivity contribution in [3.63, 3.8) is 0 Å². The van der Waals surface area contributed by atoms with E-state index in [1.165, 1.54) is 0 Å². The van der Waals surface area contributed by atoms with Crippen molar-refractivity contribution >= 4 is 0 Å². The van der Waals surface area contributed by atoms with Gasteiger partial charge in [0.25, 0.3) is 5.70 Å². The van der Waals surface area contributed by atoms with Gasteiger partial charge in [-0.25, -0.2) is 0 Å². The van der Waals surface area contributed by atoms with Crippen LogP contribution in [-0.2, 0) is 4.74 Å². The predicted molar refractivity (Wildman–Crippen MR) is 36.5 cm³/mol. The first kappa shape index (κ1) is 6.58. The SMILES string of the molecule is O=[N+]([O-])C1=C=CC2(CC1)CO2. The van der Waals surface area contributed by atoms with Crippen molar-refractivity contribution < 1.29 is 9.66 Å². The molecule has 1 saturated heterocycles. The topological polar surface area (TPSA) is 55.7 Å². The standard InChI is InChI=1S/C7H7NO3/c9-8(10)6-1-3-7(4-2-6)5-11-7/h4H,1,3,5H2. The van der Waals surface area contributed by atoms with Gasteiger partial charge in [-0.2, -0.15) is 0 Å². The van der Waals surface area contributed by atoms with Gasteiger partial charge in [-0.1, -0.05) is 0 Å². The van der Waals surface area contributed by atoms with Crippen LogP contribution in [0.15, 0.2) is 17.5 Å². The highest BCUT2D eigenvalue weighted by molar-refractivity contribution is 5.16. The van der Waals surface area contributed by atoms with Crippen LogP contribution >= 0.6 is 0 Å². The fraction of sp³-hybridized carbons (Fsp3) is 0.571. The molecule has 1 heterocycles. The van der Waals surface area contributed by atoms with Crippen LogP contribution in [0.1, 0.15) is 12.8 Å². The zero-order valence-corrected chi connectivity index (χ0v) is 5.87. The van der Waals surface area contributed by atoms with Crippen LogP contribution in [0.4, 0.5) is 0 Å². The highest BCUT2D eigenvalue weighted by atomic mass is 16.6. The highest BCUT2D eigenvalue weighted by Gasteiger charge is 2.44. The van der Waals surface area contributed by atoms with Crippen molar-refractivity contribution in [2.75, 3.05) is 6.61 Å². The van der Waals surface area contributed by atoms with Gasteiger partial charge in [-0.3, -0.25) is 10.1 Å². The van der Waals surface area contributed by atoms with Crippen molar-refractivity contribution in [2.24, 2.45) is 0 Å². The lowest BCUT2D eigenvalue weighted by Crippen LogP contribution is -2.12. The molecule has 0 radical (unpaired) electrons. The normalized spacial score (nSPS) is 33.6. The van der Waals surface area contributed by atoms with Crippen LogP contribution in [-0.4, -0.2) is 17.1 Å². The Bertz CT molecular complexity index is 271. The third-order valence-electron chi connectivity index (χ3n) is 2.02. The number of rotatable bonds is 1. The quantitative estimate of drug-likeness (QED) is 0.243. The minimum Gasteiger partial charge on any atom is -0.364 e. The summed E-state index contributed by atoms with van der Waals surface area (Å²) >= 11 is 0. The lowest BCUT2D eigenvalue weighted by atomic mass is 9.99. The van der Waals surface area contributed by atoms with Gasteiger partial charge in [0.2, 0.25) is 0 Å². The first-order chi connectivity index (χ1) is 5.22. The predicted octanol–water partition coefficient (Wildman–Crippen LogP) is 0.865. The minimum absolute atomic E-state index is 0.167. The lowest BCUT2D eigenvalue weighted by molar-refractivity contribution is -0.428. The van der Waals surface area contributed by atoms with Crippen LogP contribution < -0.4 is 0 Å². The summed E-state index contributed by atoms with van der Waals surface area (Å²) < 4.78 is 5.11. The molecule has 0 N–H and O–H groups in total. The fourth-order valence-corrected chi connectivity index (χ4v) is 1.15. The second kappa shape index (κ2) is 1.94. The van der Waals surface area contributed by atoms with E-state index < -0.39 is 0 Å². The van der Waals surface area contributed by atoms with Crippen molar-refractivity contribution in [3.8, 4) is 0 Å². The van der Waals surface area contributed by atoms with E-state index >= 15 is 0 Å². The number of ether oxygens (including phenoxy) is 1. The van der Waals surface area contributed by atoms with Crippen LogP contribution in [0, 0.1) is 10.1 Å². The van der Waals surface area contributed by atoms with Crippen molar-refractivity contribution in [1.29, 1.82) is 0 Å². The zero-order valence-electron chi connectivity index (χ0n) is 5.87. The average molecular weight is 153 g/mol. The first-order valence-corrected chi connectivity index (χ1v) is 3.47. The molecule has 1 atom stereocenters. The van der Waals surface area contributed by atoms with Gasteiger partial charge in [-0.15, -0.1) is 0 Å². The fourth-order valence-electron chi connectivity index (χ4n) is 1.15. The molecule has 58 valence electrons. The molecule has 1 aliphatic heterocycles. The molecule has 0 aromatic carbocycles. The average Bonchev–Trinajstić information content (AvgIpc) is 2.70. The minimum atomic E-state index is -0.383. The third-order valence-corrected chi connectivity index (χ3v) is 2.02. The molecule has 2 rings (SSSR count). The highest BCUT2D eigenvalue weighted by Crippen LogP contribution is 2.36. The van der Waals surface area contributed by atoms with E-state index in [2.05, 4.69) is 5.73 Å². The largest absolute Gasteiger partial charge is 0.364 e. The molecule has 2 aliphatic rings. The summed E-state index contributed by atoms with van der Waals surface area (Å²) in [5.41, 5.74) is 2.64. The molecular formula is C7H7NO3.